The lowest BCUT2D eigenvalue weighted by molar-refractivity contribution is -0.130. The summed E-state index contributed by atoms with van der Waals surface area (Å²) in [6.07, 6.45) is 0. The first-order chi connectivity index (χ1) is 13.2. The summed E-state index contributed by atoms with van der Waals surface area (Å²) in [7, 11) is -10.7. The first kappa shape index (κ1) is 22.8. The number of carbonyl (C=O) groups is 1. The van der Waals surface area contributed by atoms with Crippen LogP contribution in [-0.2, 0) is 29.2 Å². The SMILES string of the molecule is C=C(C)C(=O)Oc1cc(S(=O)(=O)N(C)OS(=O)(=O)C(F)(F)F)c2ccccc2c1. The zero-order chi connectivity index (χ0) is 22.2. The summed E-state index contributed by atoms with van der Waals surface area (Å²) >= 11 is 0. The molecule has 2 aromatic carbocycles. The third-order valence-corrected chi connectivity index (χ3v) is 6.19. The Morgan fingerprint density at radius 3 is 2.24 bits per heavy atom. The minimum Gasteiger partial charge on any atom is -0.423 e. The number of alkyl halides is 3. The molecule has 0 saturated heterocycles. The number of hydrogen-bond donors (Lipinski definition) is 0. The van der Waals surface area contributed by atoms with Gasteiger partial charge in [0.05, 0.1) is 4.90 Å². The molecule has 8 nitrogen and oxygen atoms in total. The fourth-order valence-corrected chi connectivity index (χ4v) is 4.00. The molecule has 0 aliphatic rings. The van der Waals surface area contributed by atoms with Crippen molar-refractivity contribution in [3.05, 3.63) is 48.6 Å². The monoisotopic (exact) mass is 453 g/mol. The first-order valence-corrected chi connectivity index (χ1v) is 10.4. The summed E-state index contributed by atoms with van der Waals surface area (Å²) in [4.78, 5) is 11.1. The van der Waals surface area contributed by atoms with Crippen molar-refractivity contribution in [2.45, 2.75) is 17.3 Å². The molecule has 0 atom stereocenters. The van der Waals surface area contributed by atoms with E-state index in [4.69, 9.17) is 4.74 Å². The molecule has 0 radical (unpaired) electrons. The summed E-state index contributed by atoms with van der Waals surface area (Å²) in [5, 5.41) is 0.285. The molecule has 158 valence electrons. The van der Waals surface area contributed by atoms with Gasteiger partial charge < -0.3 is 4.74 Å². The Bertz CT molecular complexity index is 1190. The molecule has 0 heterocycles. The summed E-state index contributed by atoms with van der Waals surface area (Å²) in [5.41, 5.74) is -5.82. The minimum absolute atomic E-state index is 0.0132. The zero-order valence-corrected chi connectivity index (χ0v) is 16.6. The average Bonchev–Trinajstić information content (AvgIpc) is 2.59. The van der Waals surface area contributed by atoms with Crippen LogP contribution < -0.4 is 4.74 Å². The highest BCUT2D eigenvalue weighted by atomic mass is 32.2. The van der Waals surface area contributed by atoms with Gasteiger partial charge in [-0.25, -0.2) is 13.2 Å². The van der Waals surface area contributed by atoms with Crippen LogP contribution in [0.25, 0.3) is 10.8 Å². The Labute approximate surface area is 164 Å². The fourth-order valence-electron chi connectivity index (χ4n) is 2.07. The normalized spacial score (nSPS) is 12.9. The molecule has 0 aliphatic carbocycles. The number of benzene rings is 2. The van der Waals surface area contributed by atoms with Crippen molar-refractivity contribution in [2.75, 3.05) is 7.05 Å². The van der Waals surface area contributed by atoms with Gasteiger partial charge in [-0.15, -0.1) is 0 Å². The highest BCUT2D eigenvalue weighted by molar-refractivity contribution is 7.91. The van der Waals surface area contributed by atoms with E-state index in [1.165, 1.54) is 37.3 Å². The smallest absolute Gasteiger partial charge is 0.423 e. The molecule has 2 rings (SSSR count). The van der Waals surface area contributed by atoms with Crippen LogP contribution in [0.15, 0.2) is 53.4 Å². The second-order valence-electron chi connectivity index (χ2n) is 5.70. The molecule has 2 aromatic rings. The summed E-state index contributed by atoms with van der Waals surface area (Å²) in [6.45, 7) is 4.73. The lowest BCUT2D eigenvalue weighted by atomic mass is 10.1. The number of esters is 1. The highest BCUT2D eigenvalue weighted by Gasteiger charge is 2.50. The number of halogens is 3. The van der Waals surface area contributed by atoms with Crippen LogP contribution >= 0.6 is 0 Å². The molecule has 0 spiro atoms. The maximum absolute atomic E-state index is 12.7. The molecule has 0 saturated carbocycles. The Morgan fingerprint density at radius 1 is 1.10 bits per heavy atom. The van der Waals surface area contributed by atoms with Crippen molar-refractivity contribution in [3.8, 4) is 5.75 Å². The highest BCUT2D eigenvalue weighted by Crippen LogP contribution is 2.32. The summed E-state index contributed by atoms with van der Waals surface area (Å²) in [5.74, 6) is -1.12. The van der Waals surface area contributed by atoms with Crippen molar-refractivity contribution >= 4 is 36.9 Å². The topological polar surface area (TPSA) is 107 Å². The van der Waals surface area contributed by atoms with Gasteiger partial charge in [-0.3, -0.25) is 0 Å². The van der Waals surface area contributed by atoms with Crippen LogP contribution in [0.4, 0.5) is 13.2 Å². The van der Waals surface area contributed by atoms with Crippen LogP contribution in [0, 0.1) is 0 Å². The lowest BCUT2D eigenvalue weighted by Crippen LogP contribution is -2.36. The third-order valence-electron chi connectivity index (χ3n) is 3.46. The molecule has 0 aromatic heterocycles. The van der Waals surface area contributed by atoms with E-state index in [-0.39, 0.29) is 22.1 Å². The van der Waals surface area contributed by atoms with Crippen molar-refractivity contribution in [1.82, 2.24) is 4.47 Å². The second-order valence-corrected chi connectivity index (χ2v) is 9.13. The van der Waals surface area contributed by atoms with Gasteiger partial charge >= 0.3 is 21.6 Å². The van der Waals surface area contributed by atoms with Crippen molar-refractivity contribution in [3.63, 3.8) is 0 Å². The first-order valence-electron chi connectivity index (χ1n) is 7.57. The molecule has 29 heavy (non-hydrogen) atoms. The van der Waals surface area contributed by atoms with Gasteiger partial charge in [-0.2, -0.15) is 25.9 Å². The van der Waals surface area contributed by atoms with E-state index >= 15 is 0 Å². The van der Waals surface area contributed by atoms with Crippen LogP contribution in [0.2, 0.25) is 0 Å². The van der Waals surface area contributed by atoms with Crippen LogP contribution in [0.1, 0.15) is 6.92 Å². The van der Waals surface area contributed by atoms with E-state index in [0.717, 1.165) is 6.07 Å². The van der Waals surface area contributed by atoms with E-state index in [9.17, 15) is 34.8 Å². The molecule has 13 heteroatoms. The minimum atomic E-state index is -6.23. The predicted octanol–water partition coefficient (Wildman–Crippen LogP) is 2.72. The van der Waals surface area contributed by atoms with E-state index in [1.807, 2.05) is 0 Å². The maximum Gasteiger partial charge on any atom is 0.524 e. The lowest BCUT2D eigenvalue weighted by Gasteiger charge is -2.19. The van der Waals surface area contributed by atoms with Gasteiger partial charge in [0.15, 0.2) is 0 Å². The molecule has 0 N–H and O–H groups in total. The van der Waals surface area contributed by atoms with Gasteiger partial charge in [-0.05, 0) is 18.4 Å². The second kappa shape index (κ2) is 7.74. The van der Waals surface area contributed by atoms with Gasteiger partial charge in [-0.1, -0.05) is 35.3 Å². The largest absolute Gasteiger partial charge is 0.524 e. The number of fused-ring (bicyclic) bond motifs is 1. The third kappa shape index (κ3) is 4.75. The van der Waals surface area contributed by atoms with E-state index < -0.39 is 41.0 Å². The number of ether oxygens (including phenoxy) is 1. The average molecular weight is 453 g/mol. The van der Waals surface area contributed by atoms with Gasteiger partial charge in [0, 0.05) is 24.1 Å². The van der Waals surface area contributed by atoms with E-state index in [2.05, 4.69) is 10.9 Å². The zero-order valence-electron chi connectivity index (χ0n) is 14.9. The molecule has 0 aliphatic heterocycles. The molecule has 0 amide bonds. The Balaban J connectivity index is 2.60. The Morgan fingerprint density at radius 2 is 1.69 bits per heavy atom. The Hall–Kier alpha value is -2.48. The number of hydrogen-bond acceptors (Lipinski definition) is 7. The van der Waals surface area contributed by atoms with Gasteiger partial charge in [0.1, 0.15) is 5.75 Å². The number of sulfonamides is 1. The number of hydroxylamine groups is 1. The molecule has 0 unspecified atom stereocenters. The maximum atomic E-state index is 12.7. The fraction of sp³-hybridized carbons (Fsp3) is 0.188. The quantitative estimate of drug-likeness (QED) is 0.218. The molecular formula is C16H14F3NO7S2. The number of rotatable bonds is 6. The predicted molar refractivity (Wildman–Crippen MR) is 95.4 cm³/mol. The summed E-state index contributed by atoms with van der Waals surface area (Å²) < 4.78 is 93.6. The van der Waals surface area contributed by atoms with E-state index in [1.54, 1.807) is 0 Å². The molecule has 0 bridgehead atoms. The standard InChI is InChI=1S/C16H14F3NO7S2/c1-10(2)15(21)26-12-8-11-6-4-5-7-13(11)14(9-12)28(22,23)20(3)27-29(24,25)16(17,18)19/h4-9H,1H2,2-3H3. The van der Waals surface area contributed by atoms with Gasteiger partial charge in [0.2, 0.25) is 0 Å². The van der Waals surface area contributed by atoms with Crippen molar-refractivity contribution in [1.29, 1.82) is 0 Å². The van der Waals surface area contributed by atoms with Crippen LogP contribution in [-0.4, -0.2) is 39.8 Å². The summed E-state index contributed by atoms with van der Waals surface area (Å²) in [6, 6.07) is 7.96. The number of carbonyl (C=O) groups excluding carboxylic acids is 1. The van der Waals surface area contributed by atoms with Crippen LogP contribution in [0.3, 0.4) is 0 Å². The number of nitrogens with zero attached hydrogens (tertiary/aromatic N) is 1. The Kier molecular flexibility index (Phi) is 6.09. The van der Waals surface area contributed by atoms with Crippen LogP contribution in [0.5, 0.6) is 5.75 Å². The van der Waals surface area contributed by atoms with Gasteiger partial charge in [0.25, 0.3) is 10.0 Å². The van der Waals surface area contributed by atoms with Crippen molar-refractivity contribution < 1.29 is 43.8 Å². The van der Waals surface area contributed by atoms with Crippen molar-refractivity contribution in [2.24, 2.45) is 0 Å². The molecule has 0 fully saturated rings. The molecular weight excluding hydrogens is 439 g/mol. The van der Waals surface area contributed by atoms with E-state index in [0.29, 0.717) is 7.05 Å².